The lowest BCUT2D eigenvalue weighted by Crippen LogP contribution is -2.39. The van der Waals surface area contributed by atoms with Crippen molar-refractivity contribution in [3.8, 4) is 16.9 Å². The van der Waals surface area contributed by atoms with Crippen LogP contribution in [0.1, 0.15) is 39.4 Å². The lowest BCUT2D eigenvalue weighted by Gasteiger charge is -2.33. The number of carbonyl (C=O) groups excluding carboxylic acids is 1. The summed E-state index contributed by atoms with van der Waals surface area (Å²) in [5.74, 6) is -1.73. The Kier molecular flexibility index (Phi) is 4.72. The molecule has 36 heavy (non-hydrogen) atoms. The van der Waals surface area contributed by atoms with Gasteiger partial charge in [-0.25, -0.2) is 14.4 Å². The van der Waals surface area contributed by atoms with Gasteiger partial charge in [0.1, 0.15) is 18.0 Å². The third kappa shape index (κ3) is 3.61. The van der Waals surface area contributed by atoms with Gasteiger partial charge in [-0.15, -0.1) is 5.10 Å². The number of pyridine rings is 1. The zero-order valence-electron chi connectivity index (χ0n) is 20.4. The lowest BCUT2D eigenvalue weighted by atomic mass is 9.92. The standard InChI is InChI=1S/C23H18ClF2N9O/c24-14-3-5-16(34-10-29-32-33-34)20(21(14)25)11-7-12-1-4-17(35(12)19(36)8-11)23-28-9-15(30-23)13-2-6-18(27)31-22(13)26/h2-3,5-6,8-10,12,17H,1,4,7H2,(H2,27,31)(H,28,30)/t12-,17+/m1/s1/i5D,6D. The van der Waals surface area contributed by atoms with Gasteiger partial charge in [-0.05, 0) is 59.5 Å². The van der Waals surface area contributed by atoms with Gasteiger partial charge in [-0.1, -0.05) is 11.6 Å². The number of rotatable bonds is 4. The van der Waals surface area contributed by atoms with E-state index in [1.54, 1.807) is 4.90 Å². The van der Waals surface area contributed by atoms with Crippen molar-refractivity contribution < 1.29 is 16.3 Å². The fraction of sp³-hybridized carbons (Fsp3) is 0.217. The highest BCUT2D eigenvalue weighted by Crippen LogP contribution is 2.44. The molecule has 0 aliphatic carbocycles. The van der Waals surface area contributed by atoms with Crippen LogP contribution in [0.25, 0.3) is 22.5 Å². The molecule has 0 unspecified atom stereocenters. The Balaban J connectivity index is 1.35. The SMILES string of the molecule is [2H]c1cc(-c2cnc([C@@H]3CC[C@@H]4CC(c5c(F)c(Cl)cc([2H])c5-n5cnnn5)=CC(=O)N43)[nH]2)c(F)nc1N. The maximum Gasteiger partial charge on any atom is 0.247 e. The van der Waals surface area contributed by atoms with E-state index in [0.717, 1.165) is 6.07 Å². The fourth-order valence-electron chi connectivity index (χ4n) is 4.86. The number of anilines is 1. The molecule has 1 amide bonds. The Hall–Kier alpha value is -4.19. The summed E-state index contributed by atoms with van der Waals surface area (Å²) in [5.41, 5.74) is 6.33. The van der Waals surface area contributed by atoms with E-state index in [0.29, 0.717) is 36.4 Å². The number of halogens is 3. The summed E-state index contributed by atoms with van der Waals surface area (Å²) in [7, 11) is 0. The summed E-state index contributed by atoms with van der Waals surface area (Å²) >= 11 is 6.06. The molecule has 6 rings (SSSR count). The number of H-pyrrole nitrogens is 1. The molecule has 0 saturated carbocycles. The van der Waals surface area contributed by atoms with Crippen LogP contribution in [0.4, 0.5) is 14.6 Å². The van der Waals surface area contributed by atoms with Crippen molar-refractivity contribution in [3.05, 3.63) is 71.0 Å². The number of imidazole rings is 1. The second-order valence-corrected chi connectivity index (χ2v) is 8.87. The highest BCUT2D eigenvalue weighted by Gasteiger charge is 2.42. The molecule has 0 spiro atoms. The van der Waals surface area contributed by atoms with Gasteiger partial charge in [-0.2, -0.15) is 9.07 Å². The van der Waals surface area contributed by atoms with Crippen LogP contribution in [0.15, 0.2) is 42.8 Å². The van der Waals surface area contributed by atoms with Crippen molar-refractivity contribution in [2.75, 3.05) is 5.73 Å². The average molecular weight is 512 g/mol. The lowest BCUT2D eigenvalue weighted by molar-refractivity contribution is -0.129. The van der Waals surface area contributed by atoms with Crippen LogP contribution in [0, 0.1) is 11.8 Å². The first kappa shape index (κ1) is 20.0. The summed E-state index contributed by atoms with van der Waals surface area (Å²) in [5, 5.41) is 10.7. The van der Waals surface area contributed by atoms with Crippen LogP contribution < -0.4 is 5.73 Å². The Morgan fingerprint density at radius 3 is 2.92 bits per heavy atom. The fourth-order valence-corrected chi connectivity index (χ4v) is 5.01. The number of benzene rings is 1. The number of amides is 1. The minimum Gasteiger partial charge on any atom is -0.384 e. The molecule has 5 heterocycles. The highest BCUT2D eigenvalue weighted by molar-refractivity contribution is 6.31. The monoisotopic (exact) mass is 511 g/mol. The first-order chi connectivity index (χ1) is 18.2. The van der Waals surface area contributed by atoms with E-state index >= 15 is 4.39 Å². The van der Waals surface area contributed by atoms with Crippen molar-refractivity contribution in [3.63, 3.8) is 0 Å². The third-order valence-electron chi connectivity index (χ3n) is 6.42. The first-order valence-electron chi connectivity index (χ1n) is 12.0. The molecule has 3 N–H and O–H groups in total. The second kappa shape index (κ2) is 8.48. The van der Waals surface area contributed by atoms with Crippen LogP contribution in [-0.2, 0) is 4.79 Å². The molecular weight excluding hydrogens is 492 g/mol. The van der Waals surface area contributed by atoms with Crippen molar-refractivity contribution in [2.45, 2.75) is 31.3 Å². The van der Waals surface area contributed by atoms with Crippen LogP contribution in [0.2, 0.25) is 5.02 Å². The Morgan fingerprint density at radius 1 is 1.25 bits per heavy atom. The van der Waals surface area contributed by atoms with Gasteiger partial charge in [0.15, 0.2) is 5.82 Å². The number of aromatic amines is 1. The zero-order valence-corrected chi connectivity index (χ0v) is 19.2. The van der Waals surface area contributed by atoms with Gasteiger partial charge in [-0.3, -0.25) is 4.79 Å². The van der Waals surface area contributed by atoms with Gasteiger partial charge in [0.05, 0.1) is 36.9 Å². The molecule has 3 aromatic heterocycles. The first-order valence-corrected chi connectivity index (χ1v) is 11.3. The number of fused-ring (bicyclic) bond motifs is 1. The minimum atomic E-state index is -0.838. The molecule has 4 aromatic rings. The minimum absolute atomic E-state index is 0.00376. The average Bonchev–Trinajstić information content (AvgIpc) is 3.64. The third-order valence-corrected chi connectivity index (χ3v) is 6.69. The summed E-state index contributed by atoms with van der Waals surface area (Å²) in [6.45, 7) is 0. The van der Waals surface area contributed by atoms with E-state index in [4.69, 9.17) is 20.1 Å². The number of nitrogens with zero attached hydrogens (tertiary/aromatic N) is 7. The van der Waals surface area contributed by atoms with Gasteiger partial charge in [0.2, 0.25) is 11.9 Å². The number of hydrogen-bond acceptors (Lipinski definition) is 7. The van der Waals surface area contributed by atoms with Crippen molar-refractivity contribution in [1.29, 1.82) is 0 Å². The summed E-state index contributed by atoms with van der Waals surface area (Å²) in [4.78, 5) is 26.0. The quantitative estimate of drug-likeness (QED) is 0.401. The molecule has 1 aromatic carbocycles. The van der Waals surface area contributed by atoms with Gasteiger partial charge in [0, 0.05) is 17.7 Å². The van der Waals surface area contributed by atoms with E-state index in [1.807, 2.05) is 0 Å². The maximum atomic E-state index is 15.3. The Morgan fingerprint density at radius 2 is 2.11 bits per heavy atom. The number of nitrogens with one attached hydrogen (secondary N) is 1. The number of aromatic nitrogens is 7. The van der Waals surface area contributed by atoms with Crippen LogP contribution in [-0.4, -0.2) is 52.0 Å². The predicted molar refractivity (Wildman–Crippen MR) is 126 cm³/mol. The van der Waals surface area contributed by atoms with E-state index in [9.17, 15) is 9.18 Å². The Bertz CT molecular complexity index is 1630. The molecule has 0 radical (unpaired) electrons. The predicted octanol–water partition coefficient (Wildman–Crippen LogP) is 3.48. The molecule has 13 heteroatoms. The van der Waals surface area contributed by atoms with Crippen LogP contribution in [0.3, 0.4) is 0 Å². The molecule has 182 valence electrons. The number of hydrogen-bond donors (Lipinski definition) is 2. The largest absolute Gasteiger partial charge is 0.384 e. The topological polar surface area (TPSA) is 132 Å². The highest BCUT2D eigenvalue weighted by atomic mass is 35.5. The normalized spacial score (nSPS) is 20.2. The van der Waals surface area contributed by atoms with Crippen molar-refractivity contribution in [2.24, 2.45) is 0 Å². The maximum absolute atomic E-state index is 15.3. The molecule has 10 nitrogen and oxygen atoms in total. The molecular formula is C23H18ClF2N9O. The van der Waals surface area contributed by atoms with Gasteiger partial charge < -0.3 is 15.6 Å². The summed E-state index contributed by atoms with van der Waals surface area (Å²) < 4.78 is 47.1. The summed E-state index contributed by atoms with van der Waals surface area (Å²) in [6.07, 6.45) is 5.47. The van der Waals surface area contributed by atoms with Crippen LogP contribution >= 0.6 is 11.6 Å². The van der Waals surface area contributed by atoms with Crippen molar-refractivity contribution >= 4 is 28.9 Å². The molecule has 1 fully saturated rings. The van der Waals surface area contributed by atoms with Crippen molar-refractivity contribution in [1.82, 2.24) is 40.1 Å². The number of tetrazole rings is 1. The van der Waals surface area contributed by atoms with Crippen LogP contribution in [0.5, 0.6) is 0 Å². The smallest absolute Gasteiger partial charge is 0.247 e. The molecule has 2 aliphatic heterocycles. The van der Waals surface area contributed by atoms with E-state index < -0.39 is 17.8 Å². The number of nitrogen functional groups attached to an aromatic ring is 1. The van der Waals surface area contributed by atoms with Gasteiger partial charge in [0.25, 0.3) is 0 Å². The van der Waals surface area contributed by atoms with E-state index in [1.165, 1.54) is 29.3 Å². The number of carbonyl (C=O) groups is 1. The number of nitrogens with two attached hydrogens (primary N) is 1. The molecule has 0 bridgehead atoms. The Labute approximate surface area is 210 Å². The van der Waals surface area contributed by atoms with E-state index in [-0.39, 0.29) is 51.7 Å². The zero-order chi connectivity index (χ0) is 26.7. The molecule has 2 atom stereocenters. The second-order valence-electron chi connectivity index (χ2n) is 8.47. The molecule has 1 saturated heterocycles. The van der Waals surface area contributed by atoms with Gasteiger partial charge >= 0.3 is 0 Å². The molecule has 2 aliphatic rings. The van der Waals surface area contributed by atoms with E-state index in [2.05, 4.69) is 30.5 Å². The summed E-state index contributed by atoms with van der Waals surface area (Å²) in [6, 6.07) is 1.52.